The van der Waals surface area contributed by atoms with E-state index in [1.807, 2.05) is 0 Å². The molecular formula is C14H23N. The third-order valence-corrected chi connectivity index (χ3v) is 2.65. The number of nitrogens with two attached hydrogens (primary N) is 1. The Hall–Kier alpha value is -0.820. The van der Waals surface area contributed by atoms with Crippen LogP contribution >= 0.6 is 0 Å². The first kappa shape index (κ1) is 12.3. The normalized spacial score (nSPS) is 13.9. The number of hydrogen-bond donors (Lipinski definition) is 1. The summed E-state index contributed by atoms with van der Waals surface area (Å²) >= 11 is 0. The van der Waals surface area contributed by atoms with E-state index in [0.717, 1.165) is 12.8 Å². The molecule has 1 heteroatoms. The number of rotatable bonds is 3. The predicted octanol–water partition coefficient (Wildman–Crippen LogP) is 3.69. The Balaban J connectivity index is 2.70. The summed E-state index contributed by atoms with van der Waals surface area (Å²) in [6, 6.07) is 8.84. The van der Waals surface area contributed by atoms with Crippen molar-refractivity contribution in [1.82, 2.24) is 0 Å². The van der Waals surface area contributed by atoms with Crippen molar-refractivity contribution in [2.24, 2.45) is 11.1 Å². The van der Waals surface area contributed by atoms with Crippen LogP contribution in [0, 0.1) is 5.41 Å². The molecule has 1 aromatic rings. The molecule has 0 aliphatic carbocycles. The van der Waals surface area contributed by atoms with Gasteiger partial charge >= 0.3 is 0 Å². The zero-order chi connectivity index (χ0) is 11.5. The Kier molecular flexibility index (Phi) is 3.92. The minimum Gasteiger partial charge on any atom is -0.324 e. The van der Waals surface area contributed by atoms with Crippen LogP contribution in [-0.4, -0.2) is 0 Å². The van der Waals surface area contributed by atoms with E-state index < -0.39 is 0 Å². The van der Waals surface area contributed by atoms with Crippen molar-refractivity contribution in [3.63, 3.8) is 0 Å². The van der Waals surface area contributed by atoms with E-state index >= 15 is 0 Å². The van der Waals surface area contributed by atoms with Gasteiger partial charge in [0, 0.05) is 6.04 Å². The molecule has 1 aromatic carbocycles. The SMILES string of the molecule is CCc1ccc([C@@H](N)CC(C)(C)C)cc1. The quantitative estimate of drug-likeness (QED) is 0.800. The lowest BCUT2D eigenvalue weighted by Gasteiger charge is -2.23. The van der Waals surface area contributed by atoms with E-state index in [1.165, 1.54) is 11.1 Å². The molecule has 1 atom stereocenters. The smallest absolute Gasteiger partial charge is 0.0299 e. The lowest BCUT2D eigenvalue weighted by molar-refractivity contribution is 0.343. The van der Waals surface area contributed by atoms with Gasteiger partial charge in [-0.3, -0.25) is 0 Å². The van der Waals surface area contributed by atoms with Crippen LogP contribution in [0.2, 0.25) is 0 Å². The molecule has 0 heterocycles. The summed E-state index contributed by atoms with van der Waals surface area (Å²) in [6.45, 7) is 8.86. The lowest BCUT2D eigenvalue weighted by Crippen LogP contribution is -2.18. The van der Waals surface area contributed by atoms with Crippen LogP contribution in [0.1, 0.15) is 51.3 Å². The molecule has 0 aliphatic rings. The van der Waals surface area contributed by atoms with Gasteiger partial charge in [-0.1, -0.05) is 52.0 Å². The molecular weight excluding hydrogens is 182 g/mol. The Labute approximate surface area is 93.7 Å². The van der Waals surface area contributed by atoms with Gasteiger partial charge in [-0.05, 0) is 29.4 Å². The van der Waals surface area contributed by atoms with E-state index in [-0.39, 0.29) is 6.04 Å². The highest BCUT2D eigenvalue weighted by Crippen LogP contribution is 2.27. The topological polar surface area (TPSA) is 26.0 Å². The molecule has 0 aromatic heterocycles. The zero-order valence-corrected chi connectivity index (χ0v) is 10.4. The summed E-state index contributed by atoms with van der Waals surface area (Å²) in [7, 11) is 0. The first-order valence-corrected chi connectivity index (χ1v) is 5.77. The average molecular weight is 205 g/mol. The second-order valence-corrected chi connectivity index (χ2v) is 5.47. The van der Waals surface area contributed by atoms with Gasteiger partial charge in [0.15, 0.2) is 0 Å². The molecule has 0 fully saturated rings. The molecule has 0 spiro atoms. The largest absolute Gasteiger partial charge is 0.324 e. The maximum Gasteiger partial charge on any atom is 0.0299 e. The minimum atomic E-state index is 0.163. The molecule has 0 bridgehead atoms. The molecule has 0 aliphatic heterocycles. The fraction of sp³-hybridized carbons (Fsp3) is 0.571. The van der Waals surface area contributed by atoms with E-state index in [4.69, 9.17) is 5.73 Å². The van der Waals surface area contributed by atoms with Gasteiger partial charge in [-0.15, -0.1) is 0 Å². The van der Waals surface area contributed by atoms with Crippen molar-refractivity contribution >= 4 is 0 Å². The van der Waals surface area contributed by atoms with Gasteiger partial charge in [0.2, 0.25) is 0 Å². The van der Waals surface area contributed by atoms with Gasteiger partial charge in [-0.25, -0.2) is 0 Å². The standard InChI is InChI=1S/C14H23N/c1-5-11-6-8-12(9-7-11)13(15)10-14(2,3)4/h6-9,13H,5,10,15H2,1-4H3/t13-/m0/s1. The Morgan fingerprint density at radius 1 is 1.13 bits per heavy atom. The van der Waals surface area contributed by atoms with Crippen molar-refractivity contribution in [1.29, 1.82) is 0 Å². The van der Waals surface area contributed by atoms with Crippen molar-refractivity contribution in [3.8, 4) is 0 Å². The Bertz CT molecular complexity index is 292. The van der Waals surface area contributed by atoms with Crippen LogP contribution in [0.4, 0.5) is 0 Å². The maximum atomic E-state index is 6.17. The monoisotopic (exact) mass is 205 g/mol. The van der Waals surface area contributed by atoms with Crippen molar-refractivity contribution < 1.29 is 0 Å². The summed E-state index contributed by atoms with van der Waals surface area (Å²) < 4.78 is 0. The highest BCUT2D eigenvalue weighted by Gasteiger charge is 2.16. The molecule has 0 unspecified atom stereocenters. The number of hydrogen-bond acceptors (Lipinski definition) is 1. The average Bonchev–Trinajstić information content (AvgIpc) is 2.15. The van der Waals surface area contributed by atoms with Crippen molar-refractivity contribution in [2.75, 3.05) is 0 Å². The van der Waals surface area contributed by atoms with E-state index in [1.54, 1.807) is 0 Å². The summed E-state index contributed by atoms with van der Waals surface area (Å²) in [6.07, 6.45) is 2.12. The molecule has 1 nitrogen and oxygen atoms in total. The summed E-state index contributed by atoms with van der Waals surface area (Å²) in [5.41, 5.74) is 9.10. The highest BCUT2D eigenvalue weighted by molar-refractivity contribution is 5.24. The van der Waals surface area contributed by atoms with Crippen LogP contribution in [0.3, 0.4) is 0 Å². The maximum absolute atomic E-state index is 6.17. The van der Waals surface area contributed by atoms with Gasteiger partial charge in [-0.2, -0.15) is 0 Å². The van der Waals surface area contributed by atoms with Gasteiger partial charge in [0.25, 0.3) is 0 Å². The fourth-order valence-corrected chi connectivity index (χ4v) is 1.78. The van der Waals surface area contributed by atoms with Gasteiger partial charge in [0.1, 0.15) is 0 Å². The third kappa shape index (κ3) is 4.05. The van der Waals surface area contributed by atoms with E-state index in [2.05, 4.69) is 52.0 Å². The number of aryl methyl sites for hydroxylation is 1. The molecule has 2 N–H and O–H groups in total. The first-order valence-electron chi connectivity index (χ1n) is 5.77. The van der Waals surface area contributed by atoms with E-state index in [0.29, 0.717) is 5.41 Å². The summed E-state index contributed by atoms with van der Waals surface area (Å²) in [5.74, 6) is 0. The number of benzene rings is 1. The minimum absolute atomic E-state index is 0.163. The third-order valence-electron chi connectivity index (χ3n) is 2.65. The van der Waals surface area contributed by atoms with Crippen LogP contribution < -0.4 is 5.73 Å². The van der Waals surface area contributed by atoms with E-state index in [9.17, 15) is 0 Å². The molecule has 0 radical (unpaired) electrons. The first-order chi connectivity index (χ1) is 6.92. The molecule has 0 amide bonds. The van der Waals surface area contributed by atoms with Crippen LogP contribution in [0.25, 0.3) is 0 Å². The molecule has 0 saturated carbocycles. The molecule has 15 heavy (non-hydrogen) atoms. The fourth-order valence-electron chi connectivity index (χ4n) is 1.78. The van der Waals surface area contributed by atoms with Gasteiger partial charge in [0.05, 0.1) is 0 Å². The second kappa shape index (κ2) is 4.80. The van der Waals surface area contributed by atoms with Gasteiger partial charge < -0.3 is 5.73 Å². The van der Waals surface area contributed by atoms with Crippen LogP contribution in [-0.2, 0) is 6.42 Å². The molecule has 1 rings (SSSR count). The summed E-state index contributed by atoms with van der Waals surface area (Å²) in [5, 5.41) is 0. The Morgan fingerprint density at radius 3 is 2.07 bits per heavy atom. The lowest BCUT2D eigenvalue weighted by atomic mass is 9.86. The van der Waals surface area contributed by atoms with Crippen LogP contribution in [0.15, 0.2) is 24.3 Å². The highest BCUT2D eigenvalue weighted by atomic mass is 14.6. The Morgan fingerprint density at radius 2 is 1.67 bits per heavy atom. The van der Waals surface area contributed by atoms with Crippen LogP contribution in [0.5, 0.6) is 0 Å². The van der Waals surface area contributed by atoms with Crippen molar-refractivity contribution in [3.05, 3.63) is 35.4 Å². The molecule has 0 saturated heterocycles. The van der Waals surface area contributed by atoms with Crippen molar-refractivity contribution in [2.45, 2.75) is 46.6 Å². The summed E-state index contributed by atoms with van der Waals surface area (Å²) in [4.78, 5) is 0. The molecule has 84 valence electrons. The zero-order valence-electron chi connectivity index (χ0n) is 10.4. The second-order valence-electron chi connectivity index (χ2n) is 5.47. The predicted molar refractivity (Wildman–Crippen MR) is 66.8 cm³/mol.